The van der Waals surface area contributed by atoms with E-state index in [0.717, 1.165) is 44.9 Å². The van der Waals surface area contributed by atoms with Crippen LogP contribution in [0.25, 0.3) is 50.4 Å². The second-order valence-electron chi connectivity index (χ2n) is 11.9. The predicted octanol–water partition coefficient (Wildman–Crippen LogP) is 12.5. The number of nitrogens with zero attached hydrogens (tertiary/aromatic N) is 2. The molecular weight excluding hydrogens is 604 g/mol. The number of hydrogen-bond acceptors (Lipinski definition) is 0. The van der Waals surface area contributed by atoms with E-state index in [4.69, 9.17) is 18.0 Å². The topological polar surface area (TPSA) is 9.86 Å². The third-order valence-corrected chi connectivity index (χ3v) is 9.24. The Morgan fingerprint density at radius 3 is 2.17 bits per heavy atom. The van der Waals surface area contributed by atoms with E-state index < -0.39 is 0 Å². The Bertz CT molecular complexity index is 2340. The molecule has 0 bridgehead atoms. The van der Waals surface area contributed by atoms with E-state index in [1.54, 1.807) is 6.08 Å². The fraction of sp³-hybridized carbons (Fsp3) is 0.111. The standard InChI is InChI=1S/C45H39ClN2/c1-7-10-20-37(8-2)47-33(6)41(42-24-15-17-27-44(42)47)25-18-19-31(4)34-28-35(30-36(46)29-34)39(9-3)45-32(5)40-23-14-16-26-43(40)48(45)38-21-12-11-13-22-38/h1,8-30H,2-6H3/b20-10-,25-18-,31-19+,37-8+,39-9-. The van der Waals surface area contributed by atoms with Gasteiger partial charge in [-0.2, -0.15) is 0 Å². The van der Waals surface area contributed by atoms with Crippen molar-refractivity contribution < 1.29 is 0 Å². The molecule has 3 heteroatoms. The van der Waals surface area contributed by atoms with E-state index in [0.29, 0.717) is 5.02 Å². The van der Waals surface area contributed by atoms with Crippen LogP contribution in [-0.2, 0) is 0 Å². The molecule has 48 heavy (non-hydrogen) atoms. The molecule has 0 radical (unpaired) electrons. The first-order valence-electron chi connectivity index (χ1n) is 16.3. The highest BCUT2D eigenvalue weighted by atomic mass is 35.5. The maximum atomic E-state index is 6.85. The van der Waals surface area contributed by atoms with Gasteiger partial charge < -0.3 is 9.13 Å². The molecule has 0 amide bonds. The molecule has 2 heterocycles. The van der Waals surface area contributed by atoms with Gasteiger partial charge >= 0.3 is 0 Å². The first-order valence-corrected chi connectivity index (χ1v) is 16.6. The molecular formula is C45H39ClN2. The fourth-order valence-corrected chi connectivity index (χ4v) is 6.97. The smallest absolute Gasteiger partial charge is 0.0572 e. The molecule has 0 unspecified atom stereocenters. The van der Waals surface area contributed by atoms with Crippen molar-refractivity contribution in [3.05, 3.63) is 172 Å². The lowest BCUT2D eigenvalue weighted by atomic mass is 9.95. The SMILES string of the molecule is C#C/C=C\C(=C/C)n1c(C)c(/C=C\C=C(/C)c2cc(Cl)cc(/C(=C/C)c3c(C)c4ccccc4n3-c3ccccc3)c2)c2ccccc21. The number of hydrogen-bond donors (Lipinski definition) is 0. The number of allylic oxidation sites excluding steroid dienone is 8. The Hall–Kier alpha value is -5.49. The highest BCUT2D eigenvalue weighted by Gasteiger charge is 2.20. The molecule has 0 saturated heterocycles. The molecule has 0 aliphatic carbocycles. The molecule has 0 aliphatic rings. The highest BCUT2D eigenvalue weighted by molar-refractivity contribution is 6.31. The largest absolute Gasteiger partial charge is 0.314 e. The lowest BCUT2D eigenvalue weighted by molar-refractivity contribution is 1.08. The van der Waals surface area contributed by atoms with Crippen molar-refractivity contribution >= 4 is 56.3 Å². The second kappa shape index (κ2) is 14.1. The van der Waals surface area contributed by atoms with Gasteiger partial charge in [-0.3, -0.25) is 0 Å². The molecule has 0 saturated carbocycles. The highest BCUT2D eigenvalue weighted by Crippen LogP contribution is 2.38. The minimum absolute atomic E-state index is 0.705. The van der Waals surface area contributed by atoms with Gasteiger partial charge in [-0.25, -0.2) is 0 Å². The van der Waals surface area contributed by atoms with E-state index in [2.05, 4.69) is 164 Å². The number of fused-ring (bicyclic) bond motifs is 2. The minimum Gasteiger partial charge on any atom is -0.314 e. The maximum Gasteiger partial charge on any atom is 0.0572 e. The van der Waals surface area contributed by atoms with Crippen LogP contribution in [0.3, 0.4) is 0 Å². The van der Waals surface area contributed by atoms with Crippen molar-refractivity contribution in [3.63, 3.8) is 0 Å². The first kappa shape index (κ1) is 32.5. The summed E-state index contributed by atoms with van der Waals surface area (Å²) in [5, 5.41) is 3.14. The van der Waals surface area contributed by atoms with Gasteiger partial charge in [0, 0.05) is 44.0 Å². The van der Waals surface area contributed by atoms with Crippen molar-refractivity contribution in [2.24, 2.45) is 0 Å². The van der Waals surface area contributed by atoms with E-state index >= 15 is 0 Å². The van der Waals surface area contributed by atoms with Crippen LogP contribution in [0.2, 0.25) is 5.02 Å². The van der Waals surface area contributed by atoms with Crippen molar-refractivity contribution in [3.8, 4) is 18.0 Å². The summed E-state index contributed by atoms with van der Waals surface area (Å²) in [6, 6.07) is 34.0. The Kier molecular flexibility index (Phi) is 9.53. The van der Waals surface area contributed by atoms with Crippen molar-refractivity contribution in [1.29, 1.82) is 0 Å². The minimum atomic E-state index is 0.705. The number of para-hydroxylation sites is 3. The zero-order valence-electron chi connectivity index (χ0n) is 28.1. The Balaban J connectivity index is 1.41. The molecule has 0 fully saturated rings. The van der Waals surface area contributed by atoms with Gasteiger partial charge in [0.05, 0.1) is 16.7 Å². The van der Waals surface area contributed by atoms with E-state index in [1.165, 1.54) is 33.1 Å². The van der Waals surface area contributed by atoms with Gasteiger partial charge in [0.15, 0.2) is 0 Å². The summed E-state index contributed by atoms with van der Waals surface area (Å²) >= 11 is 6.85. The van der Waals surface area contributed by atoms with E-state index in [-0.39, 0.29) is 0 Å². The molecule has 0 atom stereocenters. The van der Waals surface area contributed by atoms with Crippen LogP contribution in [-0.4, -0.2) is 9.13 Å². The summed E-state index contributed by atoms with van der Waals surface area (Å²) in [5.41, 5.74) is 13.7. The Morgan fingerprint density at radius 1 is 0.792 bits per heavy atom. The molecule has 6 aromatic rings. The monoisotopic (exact) mass is 642 g/mol. The molecule has 0 N–H and O–H groups in total. The summed E-state index contributed by atoms with van der Waals surface area (Å²) < 4.78 is 4.63. The molecule has 6 rings (SSSR count). The van der Waals surface area contributed by atoms with Gasteiger partial charge in [0.25, 0.3) is 0 Å². The molecule has 2 nitrogen and oxygen atoms in total. The third kappa shape index (κ3) is 6.02. The van der Waals surface area contributed by atoms with Crippen LogP contribution in [0.1, 0.15) is 54.4 Å². The summed E-state index contributed by atoms with van der Waals surface area (Å²) in [6.07, 6.45) is 20.0. The Morgan fingerprint density at radius 2 is 1.46 bits per heavy atom. The lowest BCUT2D eigenvalue weighted by Crippen LogP contribution is -2.02. The number of rotatable bonds is 8. The van der Waals surface area contributed by atoms with Gasteiger partial charge in [0.2, 0.25) is 0 Å². The number of terminal acetylenes is 1. The second-order valence-corrected chi connectivity index (χ2v) is 12.3. The maximum absolute atomic E-state index is 6.85. The quantitative estimate of drug-likeness (QED) is 0.115. The molecule has 0 aliphatic heterocycles. The van der Waals surface area contributed by atoms with Crippen LogP contribution in [0.15, 0.2) is 134 Å². The number of benzene rings is 4. The van der Waals surface area contributed by atoms with Crippen molar-refractivity contribution in [1.82, 2.24) is 9.13 Å². The summed E-state index contributed by atoms with van der Waals surface area (Å²) in [4.78, 5) is 0. The third-order valence-electron chi connectivity index (χ3n) is 9.02. The van der Waals surface area contributed by atoms with E-state index in [1.807, 2.05) is 19.1 Å². The van der Waals surface area contributed by atoms with Crippen molar-refractivity contribution in [2.75, 3.05) is 0 Å². The molecule has 236 valence electrons. The first-order chi connectivity index (χ1) is 23.4. The van der Waals surface area contributed by atoms with Crippen LogP contribution in [0, 0.1) is 26.2 Å². The summed E-state index contributed by atoms with van der Waals surface area (Å²) in [6.45, 7) is 10.6. The zero-order valence-corrected chi connectivity index (χ0v) is 28.9. The van der Waals surface area contributed by atoms with Gasteiger partial charge in [-0.05, 0) is 111 Å². The number of aryl methyl sites for hydroxylation is 1. The summed E-state index contributed by atoms with van der Waals surface area (Å²) in [5.74, 6) is 2.61. The number of halogens is 1. The van der Waals surface area contributed by atoms with Gasteiger partial charge in [-0.1, -0.05) is 102 Å². The summed E-state index contributed by atoms with van der Waals surface area (Å²) in [7, 11) is 0. The number of aromatic nitrogens is 2. The van der Waals surface area contributed by atoms with Crippen molar-refractivity contribution in [2.45, 2.75) is 34.6 Å². The van der Waals surface area contributed by atoms with Gasteiger partial charge in [0.1, 0.15) is 0 Å². The average Bonchev–Trinajstić information content (AvgIpc) is 3.56. The van der Waals surface area contributed by atoms with Crippen LogP contribution in [0.5, 0.6) is 0 Å². The lowest BCUT2D eigenvalue weighted by Gasteiger charge is -2.16. The van der Waals surface area contributed by atoms with Crippen LogP contribution in [0.4, 0.5) is 0 Å². The average molecular weight is 643 g/mol. The molecule has 4 aromatic carbocycles. The van der Waals surface area contributed by atoms with Crippen LogP contribution < -0.4 is 0 Å². The molecule has 2 aromatic heterocycles. The van der Waals surface area contributed by atoms with E-state index in [9.17, 15) is 0 Å². The normalized spacial score (nSPS) is 13.0. The van der Waals surface area contributed by atoms with Crippen LogP contribution >= 0.6 is 11.6 Å². The van der Waals surface area contributed by atoms with Gasteiger partial charge in [-0.15, -0.1) is 6.42 Å². The Labute approximate surface area is 289 Å². The fourth-order valence-electron chi connectivity index (χ4n) is 6.74. The predicted molar refractivity (Wildman–Crippen MR) is 209 cm³/mol. The molecule has 0 spiro atoms. The zero-order chi connectivity index (χ0) is 33.8.